The average Bonchev–Trinajstić information content (AvgIpc) is 3.73. The highest BCUT2D eigenvalue weighted by molar-refractivity contribution is 5.93. The fraction of sp³-hybridized carbons (Fsp3) is 0.417. The topological polar surface area (TPSA) is 109 Å². The summed E-state index contributed by atoms with van der Waals surface area (Å²) in [6, 6.07) is 16.4. The summed E-state index contributed by atoms with van der Waals surface area (Å²) in [5.74, 6) is 1.54. The fourth-order valence-electron chi connectivity index (χ4n) is 6.62. The highest BCUT2D eigenvalue weighted by Crippen LogP contribution is 2.38. The number of nitrogens with zero attached hydrogens (tertiary/aromatic N) is 7. The maximum atomic E-state index is 15.0. The number of ether oxygens (including phenoxy) is 3. The van der Waals surface area contributed by atoms with Gasteiger partial charge < -0.3 is 18.8 Å². The molecule has 0 bridgehead atoms. The molecule has 5 heterocycles. The fourth-order valence-corrected chi connectivity index (χ4v) is 6.62. The van der Waals surface area contributed by atoms with Gasteiger partial charge >= 0.3 is 5.97 Å². The van der Waals surface area contributed by atoms with E-state index in [0.717, 1.165) is 80.0 Å². The van der Waals surface area contributed by atoms with Crippen molar-refractivity contribution >= 4 is 17.0 Å². The maximum Gasteiger partial charge on any atom is 0.337 e. The lowest BCUT2D eigenvalue weighted by Gasteiger charge is -2.32. The normalized spacial score (nSPS) is 18.6. The Morgan fingerprint density at radius 3 is 2.56 bits per heavy atom. The number of aromatic nitrogens is 6. The van der Waals surface area contributed by atoms with Crippen molar-refractivity contribution < 1.29 is 23.4 Å². The first-order valence-electron chi connectivity index (χ1n) is 16.7. The van der Waals surface area contributed by atoms with Crippen LogP contribution in [0.1, 0.15) is 77.1 Å². The van der Waals surface area contributed by atoms with E-state index in [0.29, 0.717) is 47.6 Å². The number of piperidine rings is 1. The summed E-state index contributed by atoms with van der Waals surface area (Å²) in [4.78, 5) is 24.4. The minimum atomic E-state index is -0.358. The number of imidazole rings is 1. The quantitative estimate of drug-likeness (QED) is 0.170. The zero-order chi connectivity index (χ0) is 32.6. The van der Waals surface area contributed by atoms with Gasteiger partial charge in [0.05, 0.1) is 60.5 Å². The van der Waals surface area contributed by atoms with Crippen molar-refractivity contribution in [1.29, 1.82) is 0 Å². The summed E-state index contributed by atoms with van der Waals surface area (Å²) < 4.78 is 35.5. The summed E-state index contributed by atoms with van der Waals surface area (Å²) in [6.45, 7) is 4.09. The van der Waals surface area contributed by atoms with Gasteiger partial charge in [0.1, 0.15) is 18.2 Å². The van der Waals surface area contributed by atoms with Crippen LogP contribution >= 0.6 is 0 Å². The van der Waals surface area contributed by atoms with Gasteiger partial charge in [-0.25, -0.2) is 23.8 Å². The summed E-state index contributed by atoms with van der Waals surface area (Å²) in [5.41, 5.74) is 5.35. The van der Waals surface area contributed by atoms with Crippen LogP contribution in [0.3, 0.4) is 0 Å². The molecular weight excluding hydrogens is 613 g/mol. The lowest BCUT2D eigenvalue weighted by atomic mass is 9.93. The molecule has 1 saturated carbocycles. The number of hydrogen-bond donors (Lipinski definition) is 0. The van der Waals surface area contributed by atoms with Crippen molar-refractivity contribution in [1.82, 2.24) is 34.4 Å². The summed E-state index contributed by atoms with van der Waals surface area (Å²) >= 11 is 0. The van der Waals surface area contributed by atoms with E-state index in [9.17, 15) is 4.79 Å². The Morgan fingerprint density at radius 2 is 1.81 bits per heavy atom. The molecule has 3 aromatic heterocycles. The van der Waals surface area contributed by atoms with Crippen molar-refractivity contribution in [2.24, 2.45) is 0 Å². The standard InChI is InChI=1S/C36H38FN7O4/c1-46-36(45)25-8-10-31-33(17-25)43(19-28-13-16-47-28)34(38-31)21-42-14-11-24(12-15-42)30-3-2-4-35(39-30)48-22-26-7-9-27(18-29(26)37)44-20-32(40-41-44)23-5-6-23/h2-4,7-10,17-18,20,23-24,28H,5-6,11-16,19,21-22H2,1H3/t28-/m0/s1. The van der Waals surface area contributed by atoms with E-state index in [4.69, 9.17) is 24.2 Å². The molecule has 48 heavy (non-hydrogen) atoms. The minimum Gasteiger partial charge on any atom is -0.473 e. The third-order valence-electron chi connectivity index (χ3n) is 9.73. The molecule has 5 aromatic rings. The largest absolute Gasteiger partial charge is 0.473 e. The Kier molecular flexibility index (Phi) is 8.35. The van der Waals surface area contributed by atoms with E-state index in [1.165, 1.54) is 13.2 Å². The van der Waals surface area contributed by atoms with Crippen LogP contribution in [0.4, 0.5) is 4.39 Å². The van der Waals surface area contributed by atoms with Gasteiger partial charge in [0.25, 0.3) is 0 Å². The van der Waals surface area contributed by atoms with Crippen molar-refractivity contribution in [3.8, 4) is 11.6 Å². The van der Waals surface area contributed by atoms with Crippen molar-refractivity contribution in [3.05, 3.63) is 95.0 Å². The smallest absolute Gasteiger partial charge is 0.337 e. The molecular formula is C36H38FN7O4. The van der Waals surface area contributed by atoms with Gasteiger partial charge in [0, 0.05) is 41.8 Å². The number of hydrogen-bond acceptors (Lipinski definition) is 9. The number of carbonyl (C=O) groups excluding carboxylic acids is 1. The molecule has 2 aliphatic heterocycles. The number of benzene rings is 2. The molecule has 248 valence electrons. The van der Waals surface area contributed by atoms with Crippen LogP contribution in [0.5, 0.6) is 5.88 Å². The number of pyridine rings is 1. The van der Waals surface area contributed by atoms with E-state index in [2.05, 4.69) is 19.8 Å². The van der Waals surface area contributed by atoms with Crippen LogP contribution in [0.25, 0.3) is 16.7 Å². The number of rotatable bonds is 11. The second-order valence-corrected chi connectivity index (χ2v) is 13.0. The van der Waals surface area contributed by atoms with Crippen molar-refractivity contribution in [3.63, 3.8) is 0 Å². The lowest BCUT2D eigenvalue weighted by molar-refractivity contribution is -0.0592. The van der Waals surface area contributed by atoms with Gasteiger partial charge in [-0.1, -0.05) is 17.3 Å². The van der Waals surface area contributed by atoms with Gasteiger partial charge in [0.15, 0.2) is 0 Å². The first kappa shape index (κ1) is 30.6. The van der Waals surface area contributed by atoms with Crippen LogP contribution in [-0.4, -0.2) is 73.3 Å². The predicted octanol–water partition coefficient (Wildman–Crippen LogP) is 5.56. The van der Waals surface area contributed by atoms with Gasteiger partial charge in [0.2, 0.25) is 5.88 Å². The Morgan fingerprint density at radius 1 is 0.979 bits per heavy atom. The van der Waals surface area contributed by atoms with Gasteiger partial charge in [-0.05, 0) is 75.5 Å². The summed E-state index contributed by atoms with van der Waals surface area (Å²) in [6.07, 6.45) is 7.25. The molecule has 1 aliphatic carbocycles. The third kappa shape index (κ3) is 6.42. The number of likely N-dealkylation sites (tertiary alicyclic amines) is 1. The number of methoxy groups -OCH3 is 1. The molecule has 2 saturated heterocycles. The number of halogens is 1. The second kappa shape index (κ2) is 13.1. The Labute approximate surface area is 277 Å². The molecule has 11 nitrogen and oxygen atoms in total. The van der Waals surface area contributed by atoms with E-state index < -0.39 is 0 Å². The molecule has 8 rings (SSSR count). The zero-order valence-electron chi connectivity index (χ0n) is 26.9. The molecule has 2 aromatic carbocycles. The first-order valence-corrected chi connectivity index (χ1v) is 16.7. The third-order valence-corrected chi connectivity index (χ3v) is 9.73. The lowest BCUT2D eigenvalue weighted by Crippen LogP contribution is -2.35. The monoisotopic (exact) mass is 651 g/mol. The molecule has 3 fully saturated rings. The Hall–Kier alpha value is -4.68. The highest BCUT2D eigenvalue weighted by Gasteiger charge is 2.28. The molecule has 0 radical (unpaired) electrons. The van der Waals surface area contributed by atoms with Gasteiger partial charge in [-0.15, -0.1) is 5.10 Å². The zero-order valence-corrected chi connectivity index (χ0v) is 26.9. The van der Waals surface area contributed by atoms with E-state index >= 15 is 4.39 Å². The van der Waals surface area contributed by atoms with Crippen molar-refractivity contribution in [2.45, 2.75) is 69.7 Å². The van der Waals surface area contributed by atoms with Crippen LogP contribution in [0.2, 0.25) is 0 Å². The minimum absolute atomic E-state index is 0.0830. The van der Waals surface area contributed by atoms with Crippen LogP contribution in [-0.2, 0) is 29.2 Å². The molecule has 0 N–H and O–H groups in total. The van der Waals surface area contributed by atoms with E-state index in [1.54, 1.807) is 16.8 Å². The van der Waals surface area contributed by atoms with Crippen molar-refractivity contribution in [2.75, 3.05) is 26.8 Å². The summed E-state index contributed by atoms with van der Waals surface area (Å²) in [5, 5.41) is 8.39. The molecule has 0 spiro atoms. The molecule has 0 amide bonds. The predicted molar refractivity (Wildman–Crippen MR) is 175 cm³/mol. The number of carbonyl (C=O) groups is 1. The van der Waals surface area contributed by atoms with E-state index in [-0.39, 0.29) is 24.5 Å². The number of esters is 1. The molecule has 0 unspecified atom stereocenters. The van der Waals surface area contributed by atoms with Crippen LogP contribution in [0, 0.1) is 5.82 Å². The van der Waals surface area contributed by atoms with E-state index in [1.807, 2.05) is 42.6 Å². The Bertz CT molecular complexity index is 1940. The molecule has 12 heteroatoms. The SMILES string of the molecule is COC(=O)c1ccc2nc(CN3CCC(c4cccc(OCc5ccc(-n6cc(C7CC7)nn6)cc5F)n4)CC3)n(C[C@@H]3CCO3)c2c1. The van der Waals surface area contributed by atoms with Gasteiger partial charge in [-0.2, -0.15) is 0 Å². The van der Waals surface area contributed by atoms with Crippen LogP contribution in [0.15, 0.2) is 60.8 Å². The highest BCUT2D eigenvalue weighted by atomic mass is 19.1. The molecule has 1 atom stereocenters. The van der Waals surface area contributed by atoms with Crippen LogP contribution < -0.4 is 4.74 Å². The van der Waals surface area contributed by atoms with Gasteiger partial charge in [-0.3, -0.25) is 4.90 Å². The second-order valence-electron chi connectivity index (χ2n) is 13.0. The summed E-state index contributed by atoms with van der Waals surface area (Å²) in [7, 11) is 1.39. The average molecular weight is 652 g/mol. The first-order chi connectivity index (χ1) is 23.5. The maximum absolute atomic E-state index is 15.0. The molecule has 3 aliphatic rings. The Balaban J connectivity index is 0.893. The number of fused-ring (bicyclic) bond motifs is 1.